The third-order valence-corrected chi connectivity index (χ3v) is 3.73. The molecule has 5 heteroatoms. The first-order valence-electron chi connectivity index (χ1n) is 5.88. The van der Waals surface area contributed by atoms with Gasteiger partial charge in [-0.25, -0.2) is 4.98 Å². The summed E-state index contributed by atoms with van der Waals surface area (Å²) >= 11 is 0. The highest BCUT2D eigenvalue weighted by Crippen LogP contribution is 2.29. The summed E-state index contributed by atoms with van der Waals surface area (Å²) in [4.78, 5) is 6.68. The van der Waals surface area contributed by atoms with Gasteiger partial charge in [0.25, 0.3) is 0 Å². The number of piperidine rings is 1. The van der Waals surface area contributed by atoms with Crippen molar-refractivity contribution >= 4 is 0 Å². The third kappa shape index (κ3) is 2.41. The maximum atomic E-state index is 5.80. The van der Waals surface area contributed by atoms with Gasteiger partial charge in [-0.3, -0.25) is 9.58 Å². The van der Waals surface area contributed by atoms with Crippen LogP contribution in [0.15, 0.2) is 6.33 Å². The lowest BCUT2D eigenvalue weighted by Gasteiger charge is -2.38. The highest BCUT2D eigenvalue weighted by atomic mass is 15.3. The number of hydrogen-bond donors (Lipinski definition) is 1. The first-order valence-corrected chi connectivity index (χ1v) is 5.88. The fourth-order valence-corrected chi connectivity index (χ4v) is 2.12. The monoisotopic (exact) mass is 223 g/mol. The number of hydrogen-bond acceptors (Lipinski definition) is 4. The molecule has 1 aliphatic heterocycles. The average molecular weight is 223 g/mol. The van der Waals surface area contributed by atoms with Crippen LogP contribution in [0.4, 0.5) is 0 Å². The van der Waals surface area contributed by atoms with Crippen molar-refractivity contribution in [3.63, 3.8) is 0 Å². The molecule has 1 saturated heterocycles. The first kappa shape index (κ1) is 11.5. The van der Waals surface area contributed by atoms with Crippen molar-refractivity contribution in [2.45, 2.75) is 26.3 Å². The van der Waals surface area contributed by atoms with Crippen LogP contribution in [-0.4, -0.2) is 39.3 Å². The molecule has 16 heavy (non-hydrogen) atoms. The van der Waals surface area contributed by atoms with Crippen molar-refractivity contribution in [1.29, 1.82) is 0 Å². The van der Waals surface area contributed by atoms with Gasteiger partial charge in [0.05, 0.1) is 6.54 Å². The molecule has 90 valence electrons. The SMILES string of the molecule is Cn1ncnc1CN1CCC(C)(CN)CC1. The zero-order valence-electron chi connectivity index (χ0n) is 10.2. The largest absolute Gasteiger partial charge is 0.330 e. The predicted molar refractivity (Wildman–Crippen MR) is 62.7 cm³/mol. The maximum absolute atomic E-state index is 5.80. The topological polar surface area (TPSA) is 60.0 Å². The summed E-state index contributed by atoms with van der Waals surface area (Å²) < 4.78 is 1.84. The Bertz CT molecular complexity index is 338. The van der Waals surface area contributed by atoms with Crippen molar-refractivity contribution in [2.24, 2.45) is 18.2 Å². The van der Waals surface area contributed by atoms with E-state index in [4.69, 9.17) is 5.73 Å². The van der Waals surface area contributed by atoms with Crippen LogP contribution in [-0.2, 0) is 13.6 Å². The van der Waals surface area contributed by atoms with Crippen molar-refractivity contribution in [2.75, 3.05) is 19.6 Å². The molecule has 2 rings (SSSR count). The van der Waals surface area contributed by atoms with E-state index in [1.165, 1.54) is 12.8 Å². The van der Waals surface area contributed by atoms with E-state index in [9.17, 15) is 0 Å². The van der Waals surface area contributed by atoms with Crippen LogP contribution in [0.5, 0.6) is 0 Å². The average Bonchev–Trinajstić information content (AvgIpc) is 2.68. The molecule has 1 aliphatic rings. The van der Waals surface area contributed by atoms with E-state index in [0.717, 1.165) is 32.0 Å². The van der Waals surface area contributed by atoms with Crippen molar-refractivity contribution in [1.82, 2.24) is 19.7 Å². The number of aromatic nitrogens is 3. The molecule has 2 N–H and O–H groups in total. The molecule has 5 nitrogen and oxygen atoms in total. The van der Waals surface area contributed by atoms with Crippen molar-refractivity contribution in [3.8, 4) is 0 Å². The minimum absolute atomic E-state index is 0.344. The Hall–Kier alpha value is -0.940. The summed E-state index contributed by atoms with van der Waals surface area (Å²) in [7, 11) is 1.94. The quantitative estimate of drug-likeness (QED) is 0.804. The Morgan fingerprint density at radius 3 is 2.62 bits per heavy atom. The summed E-state index contributed by atoms with van der Waals surface area (Å²) in [6, 6.07) is 0. The van der Waals surface area contributed by atoms with Gasteiger partial charge >= 0.3 is 0 Å². The van der Waals surface area contributed by atoms with Crippen LogP contribution < -0.4 is 5.73 Å². The van der Waals surface area contributed by atoms with E-state index < -0.39 is 0 Å². The lowest BCUT2D eigenvalue weighted by atomic mass is 9.80. The van der Waals surface area contributed by atoms with E-state index in [-0.39, 0.29) is 0 Å². The van der Waals surface area contributed by atoms with Gasteiger partial charge in [-0.1, -0.05) is 6.92 Å². The van der Waals surface area contributed by atoms with E-state index in [1.807, 2.05) is 11.7 Å². The molecule has 1 aromatic rings. The Morgan fingerprint density at radius 1 is 1.44 bits per heavy atom. The molecular weight excluding hydrogens is 202 g/mol. The van der Waals surface area contributed by atoms with Gasteiger partial charge in [-0.15, -0.1) is 0 Å². The summed E-state index contributed by atoms with van der Waals surface area (Å²) in [5, 5.41) is 4.09. The lowest BCUT2D eigenvalue weighted by Crippen LogP contribution is -2.42. The predicted octanol–water partition coefficient (Wildman–Crippen LogP) is 0.376. The van der Waals surface area contributed by atoms with Crippen LogP contribution in [0, 0.1) is 5.41 Å². The number of rotatable bonds is 3. The number of nitrogens with zero attached hydrogens (tertiary/aromatic N) is 4. The highest BCUT2D eigenvalue weighted by Gasteiger charge is 2.28. The molecule has 0 aromatic carbocycles. The van der Waals surface area contributed by atoms with E-state index in [1.54, 1.807) is 6.33 Å². The van der Waals surface area contributed by atoms with Gasteiger partial charge in [0.1, 0.15) is 12.2 Å². The molecule has 1 aromatic heterocycles. The Morgan fingerprint density at radius 2 is 2.12 bits per heavy atom. The minimum Gasteiger partial charge on any atom is -0.330 e. The smallest absolute Gasteiger partial charge is 0.140 e. The molecule has 1 fully saturated rings. The van der Waals surface area contributed by atoms with E-state index in [2.05, 4.69) is 21.9 Å². The molecule has 0 bridgehead atoms. The second kappa shape index (κ2) is 4.51. The number of nitrogens with two attached hydrogens (primary N) is 1. The van der Waals surface area contributed by atoms with Crippen LogP contribution in [0.3, 0.4) is 0 Å². The molecule has 0 atom stereocenters. The molecule has 0 aliphatic carbocycles. The minimum atomic E-state index is 0.344. The normalized spacial score (nSPS) is 21.2. The fourth-order valence-electron chi connectivity index (χ4n) is 2.12. The zero-order valence-corrected chi connectivity index (χ0v) is 10.2. The zero-order chi connectivity index (χ0) is 11.6. The summed E-state index contributed by atoms with van der Waals surface area (Å²) in [6.45, 7) is 6.20. The van der Waals surface area contributed by atoms with Crippen LogP contribution in [0.1, 0.15) is 25.6 Å². The summed E-state index contributed by atoms with van der Waals surface area (Å²) in [6.07, 6.45) is 3.98. The Kier molecular flexibility index (Phi) is 3.25. The first-order chi connectivity index (χ1) is 7.63. The van der Waals surface area contributed by atoms with Gasteiger partial charge in [0.15, 0.2) is 0 Å². The molecular formula is C11H21N5. The maximum Gasteiger partial charge on any atom is 0.140 e. The highest BCUT2D eigenvalue weighted by molar-refractivity contribution is 4.88. The Labute approximate surface area is 96.6 Å². The molecule has 0 amide bonds. The van der Waals surface area contributed by atoms with E-state index in [0.29, 0.717) is 5.41 Å². The number of likely N-dealkylation sites (tertiary alicyclic amines) is 1. The summed E-state index contributed by atoms with van der Waals surface area (Å²) in [5.74, 6) is 1.04. The number of aryl methyl sites for hydroxylation is 1. The second-order valence-corrected chi connectivity index (χ2v) is 5.09. The van der Waals surface area contributed by atoms with Crippen LogP contribution in [0.2, 0.25) is 0 Å². The molecule has 0 unspecified atom stereocenters. The van der Waals surface area contributed by atoms with Gasteiger partial charge in [-0.05, 0) is 37.9 Å². The Balaban J connectivity index is 1.88. The second-order valence-electron chi connectivity index (χ2n) is 5.09. The molecule has 2 heterocycles. The van der Waals surface area contributed by atoms with Crippen molar-refractivity contribution in [3.05, 3.63) is 12.2 Å². The molecule has 0 radical (unpaired) electrons. The van der Waals surface area contributed by atoms with Gasteiger partial charge in [-0.2, -0.15) is 5.10 Å². The lowest BCUT2D eigenvalue weighted by molar-refractivity contribution is 0.116. The van der Waals surface area contributed by atoms with Crippen molar-refractivity contribution < 1.29 is 0 Å². The van der Waals surface area contributed by atoms with Gasteiger partial charge < -0.3 is 5.73 Å². The molecule has 0 saturated carbocycles. The molecule has 0 spiro atoms. The van der Waals surface area contributed by atoms with Crippen LogP contribution >= 0.6 is 0 Å². The van der Waals surface area contributed by atoms with E-state index >= 15 is 0 Å². The van der Waals surface area contributed by atoms with Gasteiger partial charge in [0.2, 0.25) is 0 Å². The standard InChI is InChI=1S/C11H21N5/c1-11(8-12)3-5-16(6-4-11)7-10-13-9-14-15(10)2/h9H,3-8,12H2,1-2H3. The summed E-state index contributed by atoms with van der Waals surface area (Å²) in [5.41, 5.74) is 6.14. The van der Waals surface area contributed by atoms with Crippen LogP contribution in [0.25, 0.3) is 0 Å². The van der Waals surface area contributed by atoms with Gasteiger partial charge in [0, 0.05) is 7.05 Å². The third-order valence-electron chi connectivity index (χ3n) is 3.73. The fraction of sp³-hybridized carbons (Fsp3) is 0.818.